The molecule has 0 bridgehead atoms. The smallest absolute Gasteiger partial charge is 0.0494 e. The van der Waals surface area contributed by atoms with Gasteiger partial charge in [0.2, 0.25) is 0 Å². The quantitative estimate of drug-likeness (QED) is 0.519. The van der Waals surface area contributed by atoms with Crippen LogP contribution in [0.1, 0.15) is 38.5 Å². The molecule has 1 fully saturated rings. The van der Waals surface area contributed by atoms with Crippen LogP contribution in [0.4, 0.5) is 0 Å². The second kappa shape index (κ2) is 7.89. The summed E-state index contributed by atoms with van der Waals surface area (Å²) in [6.45, 7) is 5.86. The molecule has 1 aliphatic carbocycles. The highest BCUT2D eigenvalue weighted by atomic mass is 16.5. The minimum absolute atomic E-state index is 0.286. The van der Waals surface area contributed by atoms with Crippen molar-refractivity contribution in [1.29, 1.82) is 0 Å². The number of allylic oxidation sites excluding steroid dienone is 1. The molecular formula is C13H24O2. The molecule has 1 N–H and O–H groups in total. The van der Waals surface area contributed by atoms with Crippen LogP contribution in [0.3, 0.4) is 0 Å². The average molecular weight is 212 g/mol. The summed E-state index contributed by atoms with van der Waals surface area (Å²) in [4.78, 5) is 0. The molecule has 0 aliphatic heterocycles. The summed E-state index contributed by atoms with van der Waals surface area (Å²) in [5.41, 5.74) is 0. The lowest BCUT2D eigenvalue weighted by Gasteiger charge is -2.26. The van der Waals surface area contributed by atoms with Gasteiger partial charge in [-0.2, -0.15) is 0 Å². The normalized spacial score (nSPS) is 26.5. The predicted octanol–water partition coefficient (Wildman–Crippen LogP) is 2.77. The van der Waals surface area contributed by atoms with Crippen molar-refractivity contribution in [1.82, 2.24) is 0 Å². The Bertz CT molecular complexity index is 160. The first-order valence-corrected chi connectivity index (χ1v) is 6.18. The molecule has 1 saturated carbocycles. The highest BCUT2D eigenvalue weighted by molar-refractivity contribution is 4.83. The zero-order chi connectivity index (χ0) is 10.9. The Morgan fingerprint density at radius 3 is 2.53 bits per heavy atom. The summed E-state index contributed by atoms with van der Waals surface area (Å²) in [5.74, 6) is 1.51. The maximum Gasteiger partial charge on any atom is 0.0494 e. The van der Waals surface area contributed by atoms with Gasteiger partial charge in [0.05, 0.1) is 0 Å². The van der Waals surface area contributed by atoms with Crippen LogP contribution in [0.15, 0.2) is 12.7 Å². The molecule has 0 amide bonds. The van der Waals surface area contributed by atoms with E-state index in [1.54, 1.807) is 0 Å². The Balaban J connectivity index is 1.96. The first-order valence-electron chi connectivity index (χ1n) is 6.18. The topological polar surface area (TPSA) is 29.5 Å². The molecule has 0 heterocycles. The Hall–Kier alpha value is -0.340. The van der Waals surface area contributed by atoms with E-state index in [9.17, 15) is 0 Å². The van der Waals surface area contributed by atoms with Crippen LogP contribution in [-0.4, -0.2) is 24.9 Å². The van der Waals surface area contributed by atoms with E-state index in [0.717, 1.165) is 37.9 Å². The molecule has 2 heteroatoms. The number of aliphatic hydroxyl groups is 1. The van der Waals surface area contributed by atoms with E-state index in [-0.39, 0.29) is 6.61 Å². The summed E-state index contributed by atoms with van der Waals surface area (Å²) in [6, 6.07) is 0. The van der Waals surface area contributed by atoms with Crippen molar-refractivity contribution in [3.05, 3.63) is 12.7 Å². The molecular weight excluding hydrogens is 188 g/mol. The Morgan fingerprint density at radius 2 is 1.93 bits per heavy atom. The van der Waals surface area contributed by atoms with E-state index >= 15 is 0 Å². The predicted molar refractivity (Wildman–Crippen MR) is 62.8 cm³/mol. The number of ether oxygens (including phenoxy) is 1. The van der Waals surface area contributed by atoms with Gasteiger partial charge in [0.25, 0.3) is 0 Å². The van der Waals surface area contributed by atoms with Crippen molar-refractivity contribution in [2.75, 3.05) is 19.8 Å². The number of unbranched alkanes of at least 4 members (excludes halogenated alkanes) is 1. The molecule has 2 nitrogen and oxygen atoms in total. The molecule has 0 aromatic rings. The van der Waals surface area contributed by atoms with Crippen molar-refractivity contribution in [2.24, 2.45) is 11.8 Å². The lowest BCUT2D eigenvalue weighted by Crippen LogP contribution is -2.18. The Kier molecular flexibility index (Phi) is 6.69. The maximum absolute atomic E-state index is 8.61. The van der Waals surface area contributed by atoms with Crippen LogP contribution in [0.25, 0.3) is 0 Å². The van der Waals surface area contributed by atoms with Crippen molar-refractivity contribution >= 4 is 0 Å². The zero-order valence-corrected chi connectivity index (χ0v) is 9.66. The van der Waals surface area contributed by atoms with Gasteiger partial charge in [-0.1, -0.05) is 6.08 Å². The van der Waals surface area contributed by atoms with Crippen LogP contribution in [0.5, 0.6) is 0 Å². The van der Waals surface area contributed by atoms with Gasteiger partial charge in [0, 0.05) is 19.8 Å². The molecule has 0 aromatic carbocycles. The molecule has 0 radical (unpaired) electrons. The van der Waals surface area contributed by atoms with Crippen molar-refractivity contribution in [3.63, 3.8) is 0 Å². The largest absolute Gasteiger partial charge is 0.396 e. The fraction of sp³-hybridized carbons (Fsp3) is 0.846. The Labute approximate surface area is 93.3 Å². The standard InChI is InChI=1S/C13H24O2/c1-2-12-5-7-13(8-6-12)11-15-10-4-3-9-14/h2,12-14H,1,3-11H2. The number of hydrogen-bond donors (Lipinski definition) is 1. The summed E-state index contributed by atoms with van der Waals surface area (Å²) in [5, 5.41) is 8.61. The zero-order valence-electron chi connectivity index (χ0n) is 9.66. The van der Waals surface area contributed by atoms with E-state index in [1.807, 2.05) is 0 Å². The SMILES string of the molecule is C=CC1CCC(COCCCCO)CC1. The monoisotopic (exact) mass is 212 g/mol. The fourth-order valence-corrected chi connectivity index (χ4v) is 2.16. The molecule has 0 atom stereocenters. The molecule has 0 spiro atoms. The van der Waals surface area contributed by atoms with Crippen molar-refractivity contribution in [2.45, 2.75) is 38.5 Å². The Morgan fingerprint density at radius 1 is 1.20 bits per heavy atom. The summed E-state index contributed by atoms with van der Waals surface area (Å²) < 4.78 is 5.61. The van der Waals surface area contributed by atoms with Gasteiger partial charge in [-0.25, -0.2) is 0 Å². The van der Waals surface area contributed by atoms with E-state index in [1.165, 1.54) is 25.7 Å². The summed E-state index contributed by atoms with van der Waals surface area (Å²) in [7, 11) is 0. The molecule has 0 aromatic heterocycles. The van der Waals surface area contributed by atoms with E-state index in [4.69, 9.17) is 9.84 Å². The average Bonchev–Trinajstić information content (AvgIpc) is 2.30. The number of rotatable bonds is 7. The van der Waals surface area contributed by atoms with Gasteiger partial charge in [0.1, 0.15) is 0 Å². The maximum atomic E-state index is 8.61. The molecule has 0 saturated heterocycles. The van der Waals surface area contributed by atoms with Crippen LogP contribution >= 0.6 is 0 Å². The van der Waals surface area contributed by atoms with Gasteiger partial charge in [0.15, 0.2) is 0 Å². The van der Waals surface area contributed by atoms with Gasteiger partial charge >= 0.3 is 0 Å². The van der Waals surface area contributed by atoms with Crippen LogP contribution < -0.4 is 0 Å². The first-order chi connectivity index (χ1) is 7.36. The fourth-order valence-electron chi connectivity index (χ4n) is 2.16. The van der Waals surface area contributed by atoms with Gasteiger partial charge in [-0.05, 0) is 50.4 Å². The highest BCUT2D eigenvalue weighted by Gasteiger charge is 2.18. The molecule has 0 unspecified atom stereocenters. The summed E-state index contributed by atoms with van der Waals surface area (Å²) in [6.07, 6.45) is 9.09. The van der Waals surface area contributed by atoms with Gasteiger partial charge < -0.3 is 9.84 Å². The molecule has 1 aliphatic rings. The lowest BCUT2D eigenvalue weighted by molar-refractivity contribution is 0.0762. The third-order valence-electron chi connectivity index (χ3n) is 3.28. The van der Waals surface area contributed by atoms with E-state index < -0.39 is 0 Å². The highest BCUT2D eigenvalue weighted by Crippen LogP contribution is 2.29. The van der Waals surface area contributed by atoms with Crippen LogP contribution in [0, 0.1) is 11.8 Å². The van der Waals surface area contributed by atoms with E-state index in [0.29, 0.717) is 0 Å². The minimum Gasteiger partial charge on any atom is -0.396 e. The number of hydrogen-bond acceptors (Lipinski definition) is 2. The second-order valence-electron chi connectivity index (χ2n) is 4.52. The van der Waals surface area contributed by atoms with Crippen LogP contribution in [-0.2, 0) is 4.74 Å². The first kappa shape index (κ1) is 12.7. The summed E-state index contributed by atoms with van der Waals surface area (Å²) >= 11 is 0. The molecule has 15 heavy (non-hydrogen) atoms. The lowest BCUT2D eigenvalue weighted by atomic mass is 9.82. The molecule has 88 valence electrons. The molecule has 1 rings (SSSR count). The number of aliphatic hydroxyl groups excluding tert-OH is 1. The third kappa shape index (κ3) is 5.33. The van der Waals surface area contributed by atoms with Crippen LogP contribution in [0.2, 0.25) is 0 Å². The minimum atomic E-state index is 0.286. The second-order valence-corrected chi connectivity index (χ2v) is 4.52. The van der Waals surface area contributed by atoms with Crippen molar-refractivity contribution in [3.8, 4) is 0 Å². The third-order valence-corrected chi connectivity index (χ3v) is 3.28. The van der Waals surface area contributed by atoms with Crippen molar-refractivity contribution < 1.29 is 9.84 Å². The van der Waals surface area contributed by atoms with Gasteiger partial charge in [-0.3, -0.25) is 0 Å². The van der Waals surface area contributed by atoms with Gasteiger partial charge in [-0.15, -0.1) is 6.58 Å². The van der Waals surface area contributed by atoms with E-state index in [2.05, 4.69) is 12.7 Å².